The summed E-state index contributed by atoms with van der Waals surface area (Å²) in [6.07, 6.45) is 0. The Hall–Kier alpha value is -3.47. The number of para-hydroxylation sites is 1. The second-order valence-electron chi connectivity index (χ2n) is 8.98. The van der Waals surface area contributed by atoms with Crippen LogP contribution in [0.3, 0.4) is 0 Å². The van der Waals surface area contributed by atoms with Crippen LogP contribution >= 0.6 is 0 Å². The summed E-state index contributed by atoms with van der Waals surface area (Å²) in [4.78, 5) is 34.5. The SMILES string of the molecule is CC1=NN(CCN2CCN(c3ccccc3F)CC2)c2nc3c(c(=O)n(C)c(=O)n3C)n2[C@@H]1C. The van der Waals surface area contributed by atoms with Gasteiger partial charge >= 0.3 is 5.69 Å². The lowest BCUT2D eigenvalue weighted by molar-refractivity contribution is 0.261. The number of imidazole rings is 1. The van der Waals surface area contributed by atoms with Crippen molar-refractivity contribution in [1.29, 1.82) is 0 Å². The quantitative estimate of drug-likeness (QED) is 0.571. The number of nitrogens with zero attached hydrogens (tertiary/aromatic N) is 8. The minimum atomic E-state index is -0.405. The molecular weight excluding hydrogens is 439 g/mol. The smallest absolute Gasteiger partial charge is 0.332 e. The Kier molecular flexibility index (Phi) is 5.51. The highest BCUT2D eigenvalue weighted by atomic mass is 19.1. The minimum absolute atomic E-state index is 0.147. The average Bonchev–Trinajstić information content (AvgIpc) is 3.25. The van der Waals surface area contributed by atoms with Gasteiger partial charge in [-0.1, -0.05) is 12.1 Å². The largest absolute Gasteiger partial charge is 0.367 e. The van der Waals surface area contributed by atoms with Crippen molar-refractivity contribution >= 4 is 28.5 Å². The summed E-state index contributed by atoms with van der Waals surface area (Å²) in [7, 11) is 3.11. The van der Waals surface area contributed by atoms with E-state index in [9.17, 15) is 14.0 Å². The van der Waals surface area contributed by atoms with Gasteiger partial charge in [0.15, 0.2) is 11.2 Å². The molecule has 5 rings (SSSR count). The van der Waals surface area contributed by atoms with Gasteiger partial charge in [0.25, 0.3) is 5.56 Å². The minimum Gasteiger partial charge on any atom is -0.367 e. The molecule has 34 heavy (non-hydrogen) atoms. The van der Waals surface area contributed by atoms with Crippen molar-refractivity contribution in [3.63, 3.8) is 0 Å². The Morgan fingerprint density at radius 2 is 1.74 bits per heavy atom. The van der Waals surface area contributed by atoms with E-state index in [1.54, 1.807) is 13.1 Å². The number of aryl methyl sites for hydroxylation is 1. The number of hydrogen-bond acceptors (Lipinski definition) is 7. The van der Waals surface area contributed by atoms with Crippen LogP contribution in [0.5, 0.6) is 0 Å². The van der Waals surface area contributed by atoms with E-state index in [-0.39, 0.29) is 17.4 Å². The lowest BCUT2D eigenvalue weighted by Crippen LogP contribution is -2.49. The van der Waals surface area contributed by atoms with Crippen LogP contribution < -0.4 is 21.2 Å². The predicted octanol–water partition coefficient (Wildman–Crippen LogP) is 1.15. The van der Waals surface area contributed by atoms with E-state index in [1.165, 1.54) is 17.7 Å². The van der Waals surface area contributed by atoms with Crippen molar-refractivity contribution in [3.8, 4) is 0 Å². The van der Waals surface area contributed by atoms with Crippen LogP contribution in [-0.4, -0.2) is 68.6 Å². The molecule has 0 N–H and O–H groups in total. The fourth-order valence-electron chi connectivity index (χ4n) is 4.76. The van der Waals surface area contributed by atoms with Crippen molar-refractivity contribution in [2.45, 2.75) is 19.9 Å². The van der Waals surface area contributed by atoms with E-state index in [0.29, 0.717) is 29.3 Å². The molecule has 0 spiro atoms. The summed E-state index contributed by atoms with van der Waals surface area (Å²) in [5.74, 6) is 0.374. The van der Waals surface area contributed by atoms with Gasteiger partial charge in [-0.25, -0.2) is 14.2 Å². The zero-order valence-electron chi connectivity index (χ0n) is 19.9. The van der Waals surface area contributed by atoms with Gasteiger partial charge in [0.05, 0.1) is 24.0 Å². The molecule has 2 aliphatic heterocycles. The lowest BCUT2D eigenvalue weighted by atomic mass is 10.2. The number of hydrogen-bond donors (Lipinski definition) is 0. The normalized spacial score (nSPS) is 19.0. The molecule has 0 bridgehead atoms. The van der Waals surface area contributed by atoms with E-state index < -0.39 is 5.69 Å². The van der Waals surface area contributed by atoms with E-state index in [2.05, 4.69) is 14.8 Å². The number of aromatic nitrogens is 4. The van der Waals surface area contributed by atoms with Crippen molar-refractivity contribution < 1.29 is 4.39 Å². The first-order chi connectivity index (χ1) is 16.3. The van der Waals surface area contributed by atoms with Gasteiger partial charge in [-0.15, -0.1) is 0 Å². The highest BCUT2D eigenvalue weighted by Gasteiger charge is 2.30. The third kappa shape index (κ3) is 3.51. The summed E-state index contributed by atoms with van der Waals surface area (Å²) in [6, 6.07) is 6.73. The highest BCUT2D eigenvalue weighted by Crippen LogP contribution is 2.29. The zero-order valence-corrected chi connectivity index (χ0v) is 19.9. The van der Waals surface area contributed by atoms with Gasteiger partial charge in [0.1, 0.15) is 5.82 Å². The van der Waals surface area contributed by atoms with Crippen LogP contribution in [0, 0.1) is 5.82 Å². The molecule has 0 saturated carbocycles. The van der Waals surface area contributed by atoms with Crippen LogP contribution in [0.25, 0.3) is 11.2 Å². The van der Waals surface area contributed by atoms with Crippen LogP contribution in [0.2, 0.25) is 0 Å². The first-order valence-electron chi connectivity index (χ1n) is 11.5. The molecule has 4 heterocycles. The van der Waals surface area contributed by atoms with Crippen LogP contribution in [0.15, 0.2) is 39.0 Å². The molecule has 1 atom stereocenters. The molecule has 0 aliphatic carbocycles. The molecule has 0 radical (unpaired) electrons. The Labute approximate surface area is 196 Å². The summed E-state index contributed by atoms with van der Waals surface area (Å²) in [5, 5.41) is 6.57. The topological polar surface area (TPSA) is 83.9 Å². The van der Waals surface area contributed by atoms with Crippen LogP contribution in [0.4, 0.5) is 16.0 Å². The molecule has 2 aromatic heterocycles. The molecule has 10 nitrogen and oxygen atoms in total. The number of fused-ring (bicyclic) bond motifs is 3. The van der Waals surface area contributed by atoms with Gasteiger partial charge < -0.3 is 4.90 Å². The molecule has 2 aliphatic rings. The monoisotopic (exact) mass is 468 g/mol. The molecule has 0 unspecified atom stereocenters. The molecule has 1 saturated heterocycles. The molecule has 11 heteroatoms. The Bertz CT molecular complexity index is 1400. The maximum Gasteiger partial charge on any atom is 0.332 e. The van der Waals surface area contributed by atoms with E-state index in [0.717, 1.165) is 43.0 Å². The zero-order chi connectivity index (χ0) is 24.1. The number of halogens is 1. The summed E-state index contributed by atoms with van der Waals surface area (Å²) in [5.41, 5.74) is 1.52. The maximum absolute atomic E-state index is 14.1. The van der Waals surface area contributed by atoms with Crippen LogP contribution in [-0.2, 0) is 14.1 Å². The predicted molar refractivity (Wildman–Crippen MR) is 130 cm³/mol. The van der Waals surface area contributed by atoms with Crippen molar-refractivity contribution in [3.05, 3.63) is 50.9 Å². The molecule has 0 amide bonds. The number of anilines is 2. The van der Waals surface area contributed by atoms with Crippen molar-refractivity contribution in [1.82, 2.24) is 23.6 Å². The van der Waals surface area contributed by atoms with Gasteiger partial charge in [0, 0.05) is 46.8 Å². The number of hydrazone groups is 1. The molecule has 1 fully saturated rings. The number of rotatable bonds is 4. The number of piperazine rings is 1. The highest BCUT2D eigenvalue weighted by molar-refractivity contribution is 5.91. The van der Waals surface area contributed by atoms with E-state index in [4.69, 9.17) is 5.10 Å². The van der Waals surface area contributed by atoms with E-state index in [1.807, 2.05) is 35.6 Å². The summed E-state index contributed by atoms with van der Waals surface area (Å²) >= 11 is 0. The fraction of sp³-hybridized carbons (Fsp3) is 0.478. The first kappa shape index (κ1) is 22.3. The first-order valence-corrected chi connectivity index (χ1v) is 11.5. The van der Waals surface area contributed by atoms with Gasteiger partial charge in [-0.05, 0) is 26.0 Å². The Morgan fingerprint density at radius 3 is 2.44 bits per heavy atom. The van der Waals surface area contributed by atoms with Crippen molar-refractivity contribution in [2.24, 2.45) is 19.2 Å². The van der Waals surface area contributed by atoms with Crippen molar-refractivity contribution in [2.75, 3.05) is 49.2 Å². The standard InChI is InChI=1S/C23H29FN8O2/c1-15-16(2)32-19-20(27(3)23(34)28(4)21(19)33)25-22(32)31(26-15)14-11-29-9-12-30(13-10-29)18-8-6-5-7-17(18)24/h5-8,16H,9-14H2,1-4H3/t16-/m1/s1. The maximum atomic E-state index is 14.1. The second-order valence-corrected chi connectivity index (χ2v) is 8.98. The van der Waals surface area contributed by atoms with Gasteiger partial charge in [0.2, 0.25) is 5.95 Å². The average molecular weight is 469 g/mol. The third-order valence-electron chi connectivity index (χ3n) is 6.97. The van der Waals surface area contributed by atoms with Gasteiger partial charge in [-0.3, -0.25) is 23.4 Å². The fourth-order valence-corrected chi connectivity index (χ4v) is 4.76. The Balaban J connectivity index is 1.36. The Morgan fingerprint density at radius 1 is 1.03 bits per heavy atom. The molecule has 3 aromatic rings. The molecule has 1 aromatic carbocycles. The molecular formula is C23H29FN8O2. The summed E-state index contributed by atoms with van der Waals surface area (Å²) < 4.78 is 18.5. The second kappa shape index (κ2) is 8.39. The van der Waals surface area contributed by atoms with Gasteiger partial charge in [-0.2, -0.15) is 10.1 Å². The summed E-state index contributed by atoms with van der Waals surface area (Å²) in [6.45, 7) is 8.37. The van der Waals surface area contributed by atoms with Crippen LogP contribution in [0.1, 0.15) is 19.9 Å². The lowest BCUT2D eigenvalue weighted by Gasteiger charge is -2.37. The third-order valence-corrected chi connectivity index (χ3v) is 6.97. The van der Waals surface area contributed by atoms with E-state index >= 15 is 0 Å². The molecule has 180 valence electrons. The number of benzene rings is 1.